The van der Waals surface area contributed by atoms with E-state index in [-0.39, 0.29) is 11.3 Å². The summed E-state index contributed by atoms with van der Waals surface area (Å²) in [6.45, 7) is 3.43. The summed E-state index contributed by atoms with van der Waals surface area (Å²) in [7, 11) is 1.39. The van der Waals surface area contributed by atoms with Crippen LogP contribution in [0.4, 0.5) is 10.2 Å². The van der Waals surface area contributed by atoms with Crippen molar-refractivity contribution in [1.29, 1.82) is 0 Å². The van der Waals surface area contributed by atoms with Crippen molar-refractivity contribution in [1.82, 2.24) is 4.98 Å². The van der Waals surface area contributed by atoms with Crippen LogP contribution in [0.2, 0.25) is 0 Å². The van der Waals surface area contributed by atoms with Gasteiger partial charge in [-0.15, -0.1) is 0 Å². The Morgan fingerprint density at radius 3 is 2.56 bits per heavy atom. The molecular formula is C12H16FN3O2. The van der Waals surface area contributed by atoms with Gasteiger partial charge in [-0.05, 0) is 19.8 Å². The third-order valence-corrected chi connectivity index (χ3v) is 3.17. The van der Waals surface area contributed by atoms with Gasteiger partial charge in [0.1, 0.15) is 17.1 Å². The largest absolute Gasteiger partial charge is 0.495 e. The van der Waals surface area contributed by atoms with E-state index in [9.17, 15) is 9.18 Å². The van der Waals surface area contributed by atoms with Crippen molar-refractivity contribution < 1.29 is 13.9 Å². The number of carbonyl (C=O) groups is 1. The number of carbonyl (C=O) groups excluding carboxylic acids is 1. The molecule has 2 heterocycles. The molecular weight excluding hydrogens is 237 g/mol. The third-order valence-electron chi connectivity index (χ3n) is 3.17. The molecule has 0 spiro atoms. The lowest BCUT2D eigenvalue weighted by Gasteiger charge is -2.21. The van der Waals surface area contributed by atoms with E-state index in [4.69, 9.17) is 10.5 Å². The molecule has 2 N–H and O–H groups in total. The zero-order valence-corrected chi connectivity index (χ0v) is 10.5. The molecule has 1 amide bonds. The molecule has 1 aliphatic heterocycles. The molecule has 1 fully saturated rings. The number of hydrogen-bond donors (Lipinski definition) is 1. The number of ether oxygens (including phenoxy) is 1. The van der Waals surface area contributed by atoms with Gasteiger partial charge in [0.05, 0.1) is 7.11 Å². The molecule has 0 aliphatic carbocycles. The summed E-state index contributed by atoms with van der Waals surface area (Å²) in [6, 6.07) is 0. The highest BCUT2D eigenvalue weighted by Gasteiger charge is 2.25. The fourth-order valence-corrected chi connectivity index (χ4v) is 2.32. The first-order valence-electron chi connectivity index (χ1n) is 5.85. The van der Waals surface area contributed by atoms with Crippen molar-refractivity contribution >= 4 is 11.7 Å². The molecule has 0 unspecified atom stereocenters. The van der Waals surface area contributed by atoms with Crippen LogP contribution in [0.3, 0.4) is 0 Å². The smallest absolute Gasteiger partial charge is 0.257 e. The summed E-state index contributed by atoms with van der Waals surface area (Å²) in [6.07, 6.45) is 2.12. The number of pyridine rings is 1. The molecule has 0 radical (unpaired) electrons. The average molecular weight is 253 g/mol. The van der Waals surface area contributed by atoms with Crippen LogP contribution >= 0.6 is 0 Å². The molecule has 1 aromatic rings. The van der Waals surface area contributed by atoms with Gasteiger partial charge in [-0.25, -0.2) is 4.98 Å². The van der Waals surface area contributed by atoms with Crippen molar-refractivity contribution in [3.05, 3.63) is 17.1 Å². The monoisotopic (exact) mass is 253 g/mol. The van der Waals surface area contributed by atoms with Crippen LogP contribution in [0.25, 0.3) is 0 Å². The minimum atomic E-state index is -0.869. The maximum atomic E-state index is 13.9. The van der Waals surface area contributed by atoms with Crippen LogP contribution in [0.1, 0.15) is 28.8 Å². The number of hydrogen-bond acceptors (Lipinski definition) is 4. The summed E-state index contributed by atoms with van der Waals surface area (Å²) in [4.78, 5) is 17.1. The van der Waals surface area contributed by atoms with Gasteiger partial charge in [0.15, 0.2) is 0 Å². The van der Waals surface area contributed by atoms with Gasteiger partial charge in [-0.3, -0.25) is 4.79 Å². The Labute approximate surface area is 105 Å². The van der Waals surface area contributed by atoms with E-state index < -0.39 is 11.9 Å². The van der Waals surface area contributed by atoms with Gasteiger partial charge in [0, 0.05) is 18.7 Å². The average Bonchev–Trinajstić information content (AvgIpc) is 2.84. The number of nitrogens with two attached hydrogens (primary N) is 1. The van der Waals surface area contributed by atoms with E-state index in [1.54, 1.807) is 6.92 Å². The van der Waals surface area contributed by atoms with Crippen LogP contribution in [-0.4, -0.2) is 31.1 Å². The summed E-state index contributed by atoms with van der Waals surface area (Å²) in [5.41, 5.74) is 5.52. The van der Waals surface area contributed by atoms with Crippen LogP contribution < -0.4 is 15.4 Å². The van der Waals surface area contributed by atoms with Crippen molar-refractivity contribution in [2.24, 2.45) is 5.73 Å². The minimum absolute atomic E-state index is 0.178. The Bertz CT molecular complexity index is 485. The SMILES string of the molecule is COc1c(C)c(N2CCCC2)nc(F)c1C(N)=O. The number of amides is 1. The molecule has 0 aromatic carbocycles. The lowest BCUT2D eigenvalue weighted by Crippen LogP contribution is -2.23. The topological polar surface area (TPSA) is 68.4 Å². The molecule has 1 aliphatic rings. The Morgan fingerprint density at radius 1 is 1.44 bits per heavy atom. The summed E-state index contributed by atoms with van der Waals surface area (Å²) in [5.74, 6) is -1.02. The summed E-state index contributed by atoms with van der Waals surface area (Å²) in [5, 5.41) is 0. The predicted molar refractivity (Wildman–Crippen MR) is 65.4 cm³/mol. The number of aromatic nitrogens is 1. The molecule has 0 atom stereocenters. The number of methoxy groups -OCH3 is 1. The number of nitrogens with zero attached hydrogens (tertiary/aromatic N) is 2. The standard InChI is InChI=1S/C12H16FN3O2/c1-7-9(18-2)8(11(14)17)10(13)15-12(7)16-5-3-4-6-16/h3-6H2,1-2H3,(H2,14,17). The number of rotatable bonds is 3. The van der Waals surface area contributed by atoms with Crippen molar-refractivity contribution in [2.75, 3.05) is 25.1 Å². The first-order valence-corrected chi connectivity index (χ1v) is 5.85. The molecule has 18 heavy (non-hydrogen) atoms. The highest BCUT2D eigenvalue weighted by molar-refractivity contribution is 5.96. The fourth-order valence-electron chi connectivity index (χ4n) is 2.32. The third kappa shape index (κ3) is 1.98. The molecule has 0 saturated carbocycles. The molecule has 0 bridgehead atoms. The lowest BCUT2D eigenvalue weighted by molar-refractivity contribution is 0.0992. The zero-order valence-electron chi connectivity index (χ0n) is 10.5. The quantitative estimate of drug-likeness (QED) is 0.823. The van der Waals surface area contributed by atoms with Crippen molar-refractivity contribution in [2.45, 2.75) is 19.8 Å². The number of halogens is 1. The molecule has 2 rings (SSSR count). The van der Waals surface area contributed by atoms with Gasteiger partial charge < -0.3 is 15.4 Å². The van der Waals surface area contributed by atoms with Gasteiger partial charge in [0.2, 0.25) is 5.95 Å². The minimum Gasteiger partial charge on any atom is -0.495 e. The van der Waals surface area contributed by atoms with Crippen molar-refractivity contribution in [3.63, 3.8) is 0 Å². The normalized spacial score (nSPS) is 14.9. The second-order valence-electron chi connectivity index (χ2n) is 4.32. The summed E-state index contributed by atoms with van der Waals surface area (Å²) >= 11 is 0. The van der Waals surface area contributed by atoms with E-state index in [1.807, 2.05) is 4.90 Å². The molecule has 5 nitrogen and oxygen atoms in total. The molecule has 98 valence electrons. The Hall–Kier alpha value is -1.85. The Balaban J connectivity index is 2.57. The second kappa shape index (κ2) is 4.80. The lowest BCUT2D eigenvalue weighted by atomic mass is 10.1. The zero-order chi connectivity index (χ0) is 13.3. The summed E-state index contributed by atoms with van der Waals surface area (Å²) < 4.78 is 19.0. The van der Waals surface area contributed by atoms with Crippen LogP contribution in [0.15, 0.2) is 0 Å². The molecule has 6 heteroatoms. The van der Waals surface area contributed by atoms with Gasteiger partial charge in [-0.1, -0.05) is 0 Å². The van der Waals surface area contributed by atoms with E-state index >= 15 is 0 Å². The first-order chi connectivity index (χ1) is 8.56. The van der Waals surface area contributed by atoms with Gasteiger partial charge in [-0.2, -0.15) is 4.39 Å². The van der Waals surface area contributed by atoms with Crippen molar-refractivity contribution in [3.8, 4) is 5.75 Å². The highest BCUT2D eigenvalue weighted by atomic mass is 19.1. The molecule has 1 saturated heterocycles. The Kier molecular flexibility index (Phi) is 3.36. The van der Waals surface area contributed by atoms with Gasteiger partial charge in [0.25, 0.3) is 5.91 Å². The second-order valence-corrected chi connectivity index (χ2v) is 4.32. The van der Waals surface area contributed by atoms with E-state index in [0.717, 1.165) is 25.9 Å². The van der Waals surface area contributed by atoms with Gasteiger partial charge >= 0.3 is 0 Å². The van der Waals surface area contributed by atoms with E-state index in [1.165, 1.54) is 7.11 Å². The molecule has 1 aromatic heterocycles. The van der Waals surface area contributed by atoms with E-state index in [0.29, 0.717) is 11.4 Å². The van der Waals surface area contributed by atoms with Crippen LogP contribution in [-0.2, 0) is 0 Å². The van der Waals surface area contributed by atoms with Crippen LogP contribution in [0, 0.1) is 12.9 Å². The van der Waals surface area contributed by atoms with E-state index in [2.05, 4.69) is 4.98 Å². The number of primary amides is 1. The fraction of sp³-hybridized carbons (Fsp3) is 0.500. The highest BCUT2D eigenvalue weighted by Crippen LogP contribution is 2.33. The first kappa shape index (κ1) is 12.6. The predicted octanol–water partition coefficient (Wildman–Crippen LogP) is 1.24. The number of anilines is 1. The Morgan fingerprint density at radius 2 is 2.06 bits per heavy atom. The maximum absolute atomic E-state index is 13.9. The maximum Gasteiger partial charge on any atom is 0.257 e. The van der Waals surface area contributed by atoms with Crippen LogP contribution in [0.5, 0.6) is 5.75 Å².